The number of rotatable bonds is 2. The Morgan fingerprint density at radius 2 is 2.25 bits per heavy atom. The smallest absolute Gasteiger partial charge is 0.144 e. The quantitative estimate of drug-likeness (QED) is 0.793. The van der Waals surface area contributed by atoms with Gasteiger partial charge in [-0.3, -0.25) is 0 Å². The summed E-state index contributed by atoms with van der Waals surface area (Å²) in [6, 6.07) is 2.73. The number of phenols is 1. The molecule has 12 heavy (non-hydrogen) atoms. The molecule has 0 saturated carbocycles. The Morgan fingerprint density at radius 3 is 2.83 bits per heavy atom. The number of halogens is 2. The van der Waals surface area contributed by atoms with Crippen LogP contribution in [0, 0.1) is 5.82 Å². The van der Waals surface area contributed by atoms with Crippen LogP contribution in [0.3, 0.4) is 0 Å². The zero-order chi connectivity index (χ0) is 9.14. The van der Waals surface area contributed by atoms with Crippen LogP contribution in [-0.2, 0) is 11.2 Å². The van der Waals surface area contributed by atoms with Crippen molar-refractivity contribution in [1.29, 1.82) is 0 Å². The third-order valence-electron chi connectivity index (χ3n) is 1.46. The third kappa shape index (κ3) is 1.64. The molecule has 1 aromatic rings. The van der Waals surface area contributed by atoms with Crippen LogP contribution in [0.2, 0.25) is 0 Å². The monoisotopic (exact) mass is 232 g/mol. The summed E-state index contributed by atoms with van der Waals surface area (Å²) in [6.07, 6.45) is 0.432. The van der Waals surface area contributed by atoms with Crippen molar-refractivity contribution < 1.29 is 14.3 Å². The minimum Gasteiger partial charge on any atom is -0.508 e. The number of hydrogen-bond acceptors (Lipinski definition) is 2. The maximum absolute atomic E-state index is 13.1. The van der Waals surface area contributed by atoms with E-state index in [9.17, 15) is 9.18 Å². The summed E-state index contributed by atoms with van der Waals surface area (Å²) in [4.78, 5) is 10.1. The Bertz CT molecular complexity index is 312. The topological polar surface area (TPSA) is 37.3 Å². The van der Waals surface area contributed by atoms with E-state index in [0.717, 1.165) is 0 Å². The number of benzene rings is 1. The number of aldehydes is 1. The minimum atomic E-state index is -0.581. The second-order valence-corrected chi connectivity index (χ2v) is 3.08. The summed E-state index contributed by atoms with van der Waals surface area (Å²) in [5.74, 6) is -0.773. The first kappa shape index (κ1) is 9.19. The Morgan fingerprint density at radius 1 is 1.58 bits per heavy atom. The van der Waals surface area contributed by atoms with Crippen molar-refractivity contribution in [3.63, 3.8) is 0 Å². The van der Waals surface area contributed by atoms with Gasteiger partial charge in [-0.05, 0) is 28.1 Å². The molecule has 0 aromatic heterocycles. The van der Waals surface area contributed by atoms with Crippen molar-refractivity contribution in [2.24, 2.45) is 0 Å². The molecule has 64 valence electrons. The van der Waals surface area contributed by atoms with Crippen LogP contribution in [0.1, 0.15) is 5.56 Å². The van der Waals surface area contributed by atoms with Crippen LogP contribution in [0.5, 0.6) is 5.75 Å². The lowest BCUT2D eigenvalue weighted by Crippen LogP contribution is -1.93. The SMILES string of the molecule is O=CCc1c(O)ccc(Br)c1F. The van der Waals surface area contributed by atoms with Crippen molar-refractivity contribution in [2.45, 2.75) is 6.42 Å². The highest BCUT2D eigenvalue weighted by molar-refractivity contribution is 9.10. The van der Waals surface area contributed by atoms with Crippen LogP contribution in [0.15, 0.2) is 16.6 Å². The van der Waals surface area contributed by atoms with Gasteiger partial charge in [-0.25, -0.2) is 4.39 Å². The zero-order valence-electron chi connectivity index (χ0n) is 6.05. The average Bonchev–Trinajstić information content (AvgIpc) is 2.06. The lowest BCUT2D eigenvalue weighted by molar-refractivity contribution is -0.107. The van der Waals surface area contributed by atoms with Crippen molar-refractivity contribution in [3.05, 3.63) is 28.0 Å². The number of carbonyl (C=O) groups is 1. The van der Waals surface area contributed by atoms with E-state index >= 15 is 0 Å². The summed E-state index contributed by atoms with van der Waals surface area (Å²) in [7, 11) is 0. The largest absolute Gasteiger partial charge is 0.508 e. The molecule has 0 radical (unpaired) electrons. The van der Waals surface area contributed by atoms with Crippen LogP contribution < -0.4 is 0 Å². The first-order valence-electron chi connectivity index (χ1n) is 3.26. The summed E-state index contributed by atoms with van der Waals surface area (Å²) >= 11 is 2.95. The van der Waals surface area contributed by atoms with E-state index in [2.05, 4.69) is 15.9 Å². The maximum atomic E-state index is 13.1. The van der Waals surface area contributed by atoms with Crippen LogP contribution in [0.25, 0.3) is 0 Å². The summed E-state index contributed by atoms with van der Waals surface area (Å²) in [6.45, 7) is 0. The van der Waals surface area contributed by atoms with E-state index in [4.69, 9.17) is 5.11 Å². The first-order valence-corrected chi connectivity index (χ1v) is 4.05. The molecular formula is C8H6BrFO2. The van der Waals surface area contributed by atoms with Gasteiger partial charge in [-0.15, -0.1) is 0 Å². The molecule has 0 unspecified atom stereocenters. The van der Waals surface area contributed by atoms with E-state index in [1.807, 2.05) is 0 Å². The number of phenolic OH excluding ortho intramolecular Hbond substituents is 1. The Balaban J connectivity index is 3.22. The molecule has 2 nitrogen and oxygen atoms in total. The van der Waals surface area contributed by atoms with E-state index in [0.29, 0.717) is 6.29 Å². The van der Waals surface area contributed by atoms with Crippen molar-refractivity contribution >= 4 is 22.2 Å². The number of carbonyl (C=O) groups excluding carboxylic acids is 1. The Hall–Kier alpha value is -0.900. The highest BCUT2D eigenvalue weighted by Crippen LogP contribution is 2.26. The Labute approximate surface area is 77.2 Å². The molecule has 1 N–H and O–H groups in total. The molecule has 0 bridgehead atoms. The average molecular weight is 233 g/mol. The molecule has 1 aromatic carbocycles. The second-order valence-electron chi connectivity index (χ2n) is 2.23. The Kier molecular flexibility index (Phi) is 2.81. The standard InChI is InChI=1S/C8H6BrFO2/c9-6-1-2-7(12)5(3-4-11)8(6)10/h1-2,4,12H,3H2. The molecule has 0 saturated heterocycles. The summed E-state index contributed by atoms with van der Waals surface area (Å²) in [5.41, 5.74) is 0.0272. The molecule has 0 aliphatic rings. The zero-order valence-corrected chi connectivity index (χ0v) is 7.64. The van der Waals surface area contributed by atoms with Gasteiger partial charge in [0.15, 0.2) is 0 Å². The molecule has 0 aliphatic heterocycles. The van der Waals surface area contributed by atoms with Gasteiger partial charge >= 0.3 is 0 Å². The van der Waals surface area contributed by atoms with Crippen LogP contribution in [-0.4, -0.2) is 11.4 Å². The van der Waals surface area contributed by atoms with Gasteiger partial charge < -0.3 is 9.90 Å². The molecule has 1 rings (SSSR count). The van der Waals surface area contributed by atoms with Gasteiger partial charge in [0.05, 0.1) is 4.47 Å². The molecular weight excluding hydrogens is 227 g/mol. The van der Waals surface area contributed by atoms with Crippen LogP contribution >= 0.6 is 15.9 Å². The summed E-state index contributed by atoms with van der Waals surface area (Å²) in [5, 5.41) is 9.13. The van der Waals surface area contributed by atoms with E-state index in [1.54, 1.807) is 0 Å². The molecule has 4 heteroatoms. The van der Waals surface area contributed by atoms with E-state index in [-0.39, 0.29) is 22.2 Å². The molecule has 0 fully saturated rings. The fourth-order valence-electron chi connectivity index (χ4n) is 0.860. The highest BCUT2D eigenvalue weighted by Gasteiger charge is 2.10. The van der Waals surface area contributed by atoms with E-state index < -0.39 is 5.82 Å². The normalized spacial score (nSPS) is 9.83. The van der Waals surface area contributed by atoms with E-state index in [1.165, 1.54) is 12.1 Å². The van der Waals surface area contributed by atoms with Crippen molar-refractivity contribution in [1.82, 2.24) is 0 Å². The highest BCUT2D eigenvalue weighted by atomic mass is 79.9. The van der Waals surface area contributed by atoms with Crippen molar-refractivity contribution in [2.75, 3.05) is 0 Å². The molecule has 0 atom stereocenters. The molecule has 0 spiro atoms. The predicted molar refractivity (Wildman–Crippen MR) is 45.5 cm³/mol. The lowest BCUT2D eigenvalue weighted by atomic mass is 10.1. The predicted octanol–water partition coefficient (Wildman–Crippen LogP) is 2.04. The number of hydrogen-bond donors (Lipinski definition) is 1. The van der Waals surface area contributed by atoms with Gasteiger partial charge in [-0.2, -0.15) is 0 Å². The van der Waals surface area contributed by atoms with Gasteiger partial charge in [0.2, 0.25) is 0 Å². The number of aromatic hydroxyl groups is 1. The van der Waals surface area contributed by atoms with Crippen LogP contribution in [0.4, 0.5) is 4.39 Å². The molecule has 0 aliphatic carbocycles. The minimum absolute atomic E-state index is 0.0272. The fraction of sp³-hybridized carbons (Fsp3) is 0.125. The van der Waals surface area contributed by atoms with Gasteiger partial charge in [-0.1, -0.05) is 0 Å². The molecule has 0 heterocycles. The maximum Gasteiger partial charge on any atom is 0.144 e. The lowest BCUT2D eigenvalue weighted by Gasteiger charge is -2.03. The third-order valence-corrected chi connectivity index (χ3v) is 2.07. The van der Waals surface area contributed by atoms with Gasteiger partial charge in [0.25, 0.3) is 0 Å². The van der Waals surface area contributed by atoms with Gasteiger partial charge in [0.1, 0.15) is 17.9 Å². The fourth-order valence-corrected chi connectivity index (χ4v) is 1.23. The van der Waals surface area contributed by atoms with Gasteiger partial charge in [0, 0.05) is 12.0 Å². The molecule has 0 amide bonds. The second kappa shape index (κ2) is 3.67. The summed E-state index contributed by atoms with van der Waals surface area (Å²) < 4.78 is 13.3. The van der Waals surface area contributed by atoms with Crippen molar-refractivity contribution in [3.8, 4) is 5.75 Å². The first-order chi connectivity index (χ1) is 5.66.